The zero-order valence-corrected chi connectivity index (χ0v) is 8.61. The van der Waals surface area contributed by atoms with Gasteiger partial charge in [-0.25, -0.2) is 0 Å². The summed E-state index contributed by atoms with van der Waals surface area (Å²) in [6.07, 6.45) is 0. The minimum Gasteiger partial charge on any atom is -0.283 e. The molecule has 0 aliphatic heterocycles. The Kier molecular flexibility index (Phi) is 2.65. The first-order valence-electron chi connectivity index (χ1n) is 3.50. The first-order chi connectivity index (χ1) is 6.00. The molecule has 1 aromatic rings. The van der Waals surface area contributed by atoms with Crippen LogP contribution in [0.1, 0.15) is 16.8 Å². The molecule has 3 nitrogen and oxygen atoms in total. The molecule has 0 saturated carbocycles. The van der Waals surface area contributed by atoms with Crippen LogP contribution in [-0.2, 0) is 0 Å². The van der Waals surface area contributed by atoms with Crippen molar-refractivity contribution in [3.63, 3.8) is 0 Å². The van der Waals surface area contributed by atoms with Crippen LogP contribution >= 0.6 is 23.2 Å². The second-order valence-corrected chi connectivity index (χ2v) is 3.35. The molecular formula is C8H7Cl2N2O+. The van der Waals surface area contributed by atoms with Gasteiger partial charge in [0.2, 0.25) is 0 Å². The molecule has 68 valence electrons. The van der Waals surface area contributed by atoms with E-state index in [1.807, 2.05) is 6.07 Å². The molecule has 0 saturated heterocycles. The Morgan fingerprint density at radius 1 is 1.38 bits per heavy atom. The second kappa shape index (κ2) is 3.41. The van der Waals surface area contributed by atoms with E-state index in [1.54, 1.807) is 13.8 Å². The lowest BCUT2D eigenvalue weighted by Crippen LogP contribution is -2.36. The summed E-state index contributed by atoms with van der Waals surface area (Å²) in [5.41, 5.74) is 1.19. The van der Waals surface area contributed by atoms with Gasteiger partial charge in [-0.2, -0.15) is 5.26 Å². The number of aromatic nitrogens is 1. The third kappa shape index (κ3) is 1.43. The van der Waals surface area contributed by atoms with Crippen molar-refractivity contribution < 1.29 is 9.94 Å². The third-order valence-electron chi connectivity index (χ3n) is 1.84. The lowest BCUT2D eigenvalue weighted by molar-refractivity contribution is -0.907. The number of hydrogen-bond donors (Lipinski definition) is 1. The average Bonchev–Trinajstić information content (AvgIpc) is 2.13. The van der Waals surface area contributed by atoms with Crippen LogP contribution in [0.25, 0.3) is 0 Å². The van der Waals surface area contributed by atoms with Crippen molar-refractivity contribution in [3.05, 3.63) is 27.0 Å². The summed E-state index contributed by atoms with van der Waals surface area (Å²) in [5, 5.41) is 18.4. The Hall–Kier alpha value is -0.980. The number of hydrogen-bond acceptors (Lipinski definition) is 2. The fourth-order valence-electron chi connectivity index (χ4n) is 1.01. The molecule has 0 fully saturated rings. The van der Waals surface area contributed by atoms with Crippen LogP contribution in [0.3, 0.4) is 0 Å². The maximum atomic E-state index is 9.37. The second-order valence-electron chi connectivity index (χ2n) is 2.61. The van der Waals surface area contributed by atoms with Crippen molar-refractivity contribution in [2.75, 3.05) is 0 Å². The molecular weight excluding hydrogens is 211 g/mol. The Labute approximate surface area is 85.7 Å². The Balaban J connectivity index is 3.69. The maximum Gasteiger partial charge on any atom is 0.343 e. The highest BCUT2D eigenvalue weighted by molar-refractivity contribution is 6.33. The van der Waals surface area contributed by atoms with E-state index in [2.05, 4.69) is 0 Å². The number of nitriles is 1. The highest BCUT2D eigenvalue weighted by Crippen LogP contribution is 2.24. The fraction of sp³-hybridized carbons (Fsp3) is 0.250. The van der Waals surface area contributed by atoms with E-state index in [0.717, 1.165) is 0 Å². The Bertz CT molecular complexity index is 381. The molecule has 0 bridgehead atoms. The zero-order valence-electron chi connectivity index (χ0n) is 7.10. The molecule has 0 aliphatic carbocycles. The van der Waals surface area contributed by atoms with Gasteiger partial charge in [-0.1, -0.05) is 11.6 Å². The molecule has 0 atom stereocenters. The van der Waals surface area contributed by atoms with Crippen LogP contribution in [0, 0.1) is 25.2 Å². The Morgan fingerprint density at radius 2 is 1.92 bits per heavy atom. The van der Waals surface area contributed by atoms with Crippen molar-refractivity contribution in [3.8, 4) is 6.07 Å². The smallest absolute Gasteiger partial charge is 0.283 e. The minimum atomic E-state index is -0.0121. The predicted octanol–water partition coefficient (Wildman–Crippen LogP) is 2.01. The average molecular weight is 218 g/mol. The predicted molar refractivity (Wildman–Crippen MR) is 48.0 cm³/mol. The highest BCUT2D eigenvalue weighted by atomic mass is 35.5. The highest BCUT2D eigenvalue weighted by Gasteiger charge is 2.24. The summed E-state index contributed by atoms with van der Waals surface area (Å²) in [5.74, 6) is 0. The van der Waals surface area contributed by atoms with Crippen molar-refractivity contribution >= 4 is 23.2 Å². The molecule has 1 rings (SSSR count). The summed E-state index contributed by atoms with van der Waals surface area (Å²) in [7, 11) is 0. The largest absolute Gasteiger partial charge is 0.343 e. The molecule has 1 heterocycles. The van der Waals surface area contributed by atoms with Gasteiger partial charge in [-0.05, 0) is 24.1 Å². The molecule has 0 aromatic carbocycles. The summed E-state index contributed by atoms with van der Waals surface area (Å²) in [4.78, 5) is 0. The normalized spacial score (nSPS) is 9.77. The van der Waals surface area contributed by atoms with E-state index < -0.39 is 0 Å². The van der Waals surface area contributed by atoms with Crippen LogP contribution in [0.15, 0.2) is 0 Å². The fourth-order valence-corrected chi connectivity index (χ4v) is 1.50. The van der Waals surface area contributed by atoms with Gasteiger partial charge in [0.1, 0.15) is 16.7 Å². The van der Waals surface area contributed by atoms with Gasteiger partial charge in [0, 0.05) is 11.7 Å². The third-order valence-corrected chi connectivity index (χ3v) is 2.75. The van der Waals surface area contributed by atoms with E-state index in [4.69, 9.17) is 28.5 Å². The maximum absolute atomic E-state index is 9.37. The molecule has 0 unspecified atom stereocenters. The zero-order chi connectivity index (χ0) is 10.2. The van der Waals surface area contributed by atoms with E-state index >= 15 is 0 Å². The monoisotopic (exact) mass is 217 g/mol. The SMILES string of the molecule is Cc1c(Cl)c(C)[n+](O)c(Cl)c1C#N. The summed E-state index contributed by atoms with van der Waals surface area (Å²) in [6, 6.07) is 1.88. The Morgan fingerprint density at radius 3 is 2.38 bits per heavy atom. The number of nitrogens with zero attached hydrogens (tertiary/aromatic N) is 2. The van der Waals surface area contributed by atoms with Crippen molar-refractivity contribution in [2.45, 2.75) is 13.8 Å². The molecule has 1 aromatic heterocycles. The molecule has 0 aliphatic rings. The van der Waals surface area contributed by atoms with Crippen molar-refractivity contribution in [1.82, 2.24) is 0 Å². The van der Waals surface area contributed by atoms with Gasteiger partial charge >= 0.3 is 5.15 Å². The van der Waals surface area contributed by atoms with Crippen LogP contribution < -0.4 is 4.73 Å². The quantitative estimate of drug-likeness (QED) is 0.411. The molecule has 5 heteroatoms. The number of pyridine rings is 1. The first kappa shape index (κ1) is 10.1. The van der Waals surface area contributed by atoms with Crippen LogP contribution in [0.4, 0.5) is 0 Å². The lowest BCUT2D eigenvalue weighted by Gasteiger charge is -2.01. The summed E-state index contributed by atoms with van der Waals surface area (Å²) >= 11 is 11.6. The molecule has 0 amide bonds. The van der Waals surface area contributed by atoms with Gasteiger partial charge in [0.15, 0.2) is 0 Å². The van der Waals surface area contributed by atoms with Gasteiger partial charge in [0.05, 0.1) is 0 Å². The molecule has 0 spiro atoms. The minimum absolute atomic E-state index is 0.0121. The van der Waals surface area contributed by atoms with E-state index in [-0.39, 0.29) is 10.7 Å². The van der Waals surface area contributed by atoms with Crippen molar-refractivity contribution in [1.29, 1.82) is 5.26 Å². The van der Waals surface area contributed by atoms with E-state index in [1.165, 1.54) is 0 Å². The summed E-state index contributed by atoms with van der Waals surface area (Å²) in [6.45, 7) is 3.29. The van der Waals surface area contributed by atoms with Crippen LogP contribution in [-0.4, -0.2) is 5.21 Å². The number of rotatable bonds is 0. The molecule has 0 radical (unpaired) electrons. The summed E-state index contributed by atoms with van der Waals surface area (Å²) < 4.78 is 0.704. The van der Waals surface area contributed by atoms with Gasteiger partial charge in [0.25, 0.3) is 5.69 Å². The standard InChI is InChI=1S/C8H7Cl2N2O/c1-4-6(3-11)8(10)12(13)5(2)7(4)9/h13H,1-2H3/q+1. The molecule has 1 N–H and O–H groups in total. The van der Waals surface area contributed by atoms with E-state index in [0.29, 0.717) is 21.0 Å². The lowest BCUT2D eigenvalue weighted by atomic mass is 10.1. The first-order valence-corrected chi connectivity index (χ1v) is 4.25. The van der Waals surface area contributed by atoms with Crippen LogP contribution in [0.5, 0.6) is 0 Å². The molecule has 13 heavy (non-hydrogen) atoms. The van der Waals surface area contributed by atoms with Crippen LogP contribution in [0.2, 0.25) is 10.2 Å². The van der Waals surface area contributed by atoms with Gasteiger partial charge in [-0.15, -0.1) is 0 Å². The van der Waals surface area contributed by atoms with Gasteiger partial charge < -0.3 is 0 Å². The van der Waals surface area contributed by atoms with Crippen molar-refractivity contribution in [2.24, 2.45) is 0 Å². The topological polar surface area (TPSA) is 47.9 Å². The number of halogens is 2. The van der Waals surface area contributed by atoms with E-state index in [9.17, 15) is 5.21 Å². The van der Waals surface area contributed by atoms with Gasteiger partial charge in [-0.3, -0.25) is 5.21 Å².